The molecule has 1 aliphatic rings. The van der Waals surface area contributed by atoms with Crippen molar-refractivity contribution >= 4 is 24.0 Å². The van der Waals surface area contributed by atoms with Crippen LogP contribution in [0.25, 0.3) is 6.08 Å². The first-order valence-corrected chi connectivity index (χ1v) is 8.20. The first kappa shape index (κ1) is 19.0. The molecule has 1 aromatic heterocycles. The number of benzene rings is 1. The molecule has 0 spiro atoms. The Morgan fingerprint density at radius 3 is 2.54 bits per heavy atom. The average molecular weight is 386 g/mol. The lowest BCUT2D eigenvalue weighted by molar-refractivity contribution is -0.123. The molecular weight excluding hydrogens is 368 g/mol. The molecule has 2 aromatic rings. The van der Waals surface area contributed by atoms with E-state index < -0.39 is 17.9 Å². The topological polar surface area (TPSA) is 107 Å². The summed E-state index contributed by atoms with van der Waals surface area (Å²) in [6.45, 7) is -0.120. The molecule has 0 atom stereocenters. The van der Waals surface area contributed by atoms with Crippen molar-refractivity contribution in [2.24, 2.45) is 0 Å². The van der Waals surface area contributed by atoms with Crippen molar-refractivity contribution in [3.8, 4) is 11.5 Å². The number of carbonyl (C=O) groups is 3. The summed E-state index contributed by atoms with van der Waals surface area (Å²) in [6.07, 6.45) is 1.53. The second kappa shape index (κ2) is 7.87. The van der Waals surface area contributed by atoms with E-state index in [9.17, 15) is 14.4 Å². The van der Waals surface area contributed by atoms with Gasteiger partial charge in [0.15, 0.2) is 11.5 Å². The molecule has 1 fully saturated rings. The number of furan rings is 1. The fraction of sp³-hybridized carbons (Fsp3) is 0.211. The van der Waals surface area contributed by atoms with Crippen LogP contribution >= 0.6 is 0 Å². The number of carbonyl (C=O) groups excluding carboxylic acids is 3. The Morgan fingerprint density at radius 2 is 1.86 bits per heavy atom. The molecular formula is C19H18N2O7. The van der Waals surface area contributed by atoms with Crippen LogP contribution in [0.15, 0.2) is 40.4 Å². The Morgan fingerprint density at radius 1 is 1.11 bits per heavy atom. The van der Waals surface area contributed by atoms with Crippen molar-refractivity contribution in [1.82, 2.24) is 10.2 Å². The molecule has 1 aromatic carbocycles. The van der Waals surface area contributed by atoms with Crippen LogP contribution in [0.1, 0.15) is 21.9 Å². The first-order valence-electron chi connectivity index (χ1n) is 8.20. The average Bonchev–Trinajstić information content (AvgIpc) is 3.28. The van der Waals surface area contributed by atoms with Crippen LogP contribution in [0.3, 0.4) is 0 Å². The number of hydrogen-bond donors (Lipinski definition) is 1. The largest absolute Gasteiger partial charge is 0.493 e. The monoisotopic (exact) mass is 386 g/mol. The van der Waals surface area contributed by atoms with Crippen molar-refractivity contribution in [3.63, 3.8) is 0 Å². The number of urea groups is 1. The van der Waals surface area contributed by atoms with Gasteiger partial charge in [-0.25, -0.2) is 9.59 Å². The molecule has 1 N–H and O–H groups in total. The van der Waals surface area contributed by atoms with E-state index in [0.29, 0.717) is 17.1 Å². The molecule has 0 bridgehead atoms. The highest BCUT2D eigenvalue weighted by Gasteiger charge is 2.34. The highest BCUT2D eigenvalue weighted by molar-refractivity contribution is 6.13. The summed E-state index contributed by atoms with van der Waals surface area (Å²) >= 11 is 0. The second-order valence-electron chi connectivity index (χ2n) is 5.75. The quantitative estimate of drug-likeness (QED) is 0.461. The van der Waals surface area contributed by atoms with E-state index in [1.165, 1.54) is 39.5 Å². The molecule has 0 saturated carbocycles. The molecule has 2 heterocycles. The van der Waals surface area contributed by atoms with E-state index in [1.54, 1.807) is 18.2 Å². The van der Waals surface area contributed by atoms with E-state index in [-0.39, 0.29) is 23.8 Å². The molecule has 1 aliphatic heterocycles. The summed E-state index contributed by atoms with van der Waals surface area (Å²) in [4.78, 5) is 37.2. The van der Waals surface area contributed by atoms with Gasteiger partial charge in [0.1, 0.15) is 11.5 Å². The van der Waals surface area contributed by atoms with Gasteiger partial charge in [-0.1, -0.05) is 6.07 Å². The van der Waals surface area contributed by atoms with E-state index in [4.69, 9.17) is 13.9 Å². The smallest absolute Gasteiger partial charge is 0.373 e. The number of esters is 1. The van der Waals surface area contributed by atoms with Crippen molar-refractivity contribution in [2.45, 2.75) is 6.54 Å². The fourth-order valence-corrected chi connectivity index (χ4v) is 2.65. The van der Waals surface area contributed by atoms with Gasteiger partial charge in [0.25, 0.3) is 5.91 Å². The number of methoxy groups -OCH3 is 3. The number of nitrogens with zero attached hydrogens (tertiary/aromatic N) is 1. The lowest BCUT2D eigenvalue weighted by atomic mass is 10.1. The lowest BCUT2D eigenvalue weighted by Crippen LogP contribution is -2.30. The summed E-state index contributed by atoms with van der Waals surface area (Å²) in [5, 5.41) is 2.52. The van der Waals surface area contributed by atoms with E-state index in [1.807, 2.05) is 0 Å². The van der Waals surface area contributed by atoms with Crippen molar-refractivity contribution < 1.29 is 33.0 Å². The van der Waals surface area contributed by atoms with Gasteiger partial charge in [0.05, 0.1) is 27.9 Å². The van der Waals surface area contributed by atoms with E-state index in [0.717, 1.165) is 4.90 Å². The molecule has 0 radical (unpaired) electrons. The van der Waals surface area contributed by atoms with E-state index >= 15 is 0 Å². The summed E-state index contributed by atoms with van der Waals surface area (Å²) in [7, 11) is 4.26. The first-order chi connectivity index (χ1) is 13.5. The molecule has 0 unspecified atom stereocenters. The molecule has 3 rings (SSSR count). The Kier molecular flexibility index (Phi) is 5.35. The van der Waals surface area contributed by atoms with Crippen LogP contribution in [-0.4, -0.2) is 44.1 Å². The Balaban J connectivity index is 1.79. The van der Waals surface area contributed by atoms with Crippen LogP contribution in [0.4, 0.5) is 4.79 Å². The highest BCUT2D eigenvalue weighted by atomic mass is 16.5. The van der Waals surface area contributed by atoms with Gasteiger partial charge in [-0.2, -0.15) is 0 Å². The van der Waals surface area contributed by atoms with Crippen LogP contribution in [0.5, 0.6) is 11.5 Å². The number of amides is 3. The number of nitrogens with one attached hydrogen (secondary N) is 1. The van der Waals surface area contributed by atoms with E-state index in [2.05, 4.69) is 10.1 Å². The SMILES string of the molecule is COC(=O)c1ccc(CN2C(=O)N/C(=C\c3ccc(OC)c(OC)c3)C2=O)o1. The maximum Gasteiger partial charge on any atom is 0.373 e. The summed E-state index contributed by atoms with van der Waals surface area (Å²) in [5.41, 5.74) is 0.756. The number of ether oxygens (including phenoxy) is 3. The minimum absolute atomic E-state index is 0.00866. The molecule has 0 aliphatic carbocycles. The lowest BCUT2D eigenvalue weighted by Gasteiger charge is -2.09. The Hall–Kier alpha value is -3.75. The third-order valence-corrected chi connectivity index (χ3v) is 4.04. The predicted octanol–water partition coefficient (Wildman–Crippen LogP) is 2.18. The van der Waals surface area contributed by atoms with Gasteiger partial charge < -0.3 is 23.9 Å². The second-order valence-corrected chi connectivity index (χ2v) is 5.75. The zero-order chi connectivity index (χ0) is 20.3. The molecule has 9 nitrogen and oxygen atoms in total. The Labute approximate surface area is 160 Å². The number of rotatable bonds is 6. The summed E-state index contributed by atoms with van der Waals surface area (Å²) < 4.78 is 20.3. The van der Waals surface area contributed by atoms with Crippen LogP contribution in [-0.2, 0) is 16.1 Å². The third kappa shape index (κ3) is 3.68. The Bertz CT molecular complexity index is 961. The zero-order valence-corrected chi connectivity index (χ0v) is 15.5. The summed E-state index contributed by atoms with van der Waals surface area (Å²) in [5.74, 6) is 0.152. The zero-order valence-electron chi connectivity index (χ0n) is 15.5. The molecule has 3 amide bonds. The van der Waals surface area contributed by atoms with Crippen molar-refractivity contribution in [1.29, 1.82) is 0 Å². The number of imide groups is 1. The number of hydrogen-bond acceptors (Lipinski definition) is 7. The predicted molar refractivity (Wildman–Crippen MR) is 96.7 cm³/mol. The van der Waals surface area contributed by atoms with Gasteiger partial charge in [0, 0.05) is 0 Å². The van der Waals surface area contributed by atoms with Gasteiger partial charge in [-0.05, 0) is 35.9 Å². The van der Waals surface area contributed by atoms with Gasteiger partial charge >= 0.3 is 12.0 Å². The van der Waals surface area contributed by atoms with Crippen LogP contribution in [0.2, 0.25) is 0 Å². The van der Waals surface area contributed by atoms with Gasteiger partial charge in [0.2, 0.25) is 5.76 Å². The van der Waals surface area contributed by atoms with Crippen molar-refractivity contribution in [3.05, 3.63) is 53.1 Å². The maximum absolute atomic E-state index is 12.6. The van der Waals surface area contributed by atoms with Crippen LogP contribution < -0.4 is 14.8 Å². The molecule has 146 valence electrons. The fourth-order valence-electron chi connectivity index (χ4n) is 2.65. The summed E-state index contributed by atoms with van der Waals surface area (Å²) in [6, 6.07) is 7.44. The molecule has 28 heavy (non-hydrogen) atoms. The molecule has 9 heteroatoms. The maximum atomic E-state index is 12.6. The van der Waals surface area contributed by atoms with Crippen LogP contribution in [0, 0.1) is 0 Å². The van der Waals surface area contributed by atoms with Crippen molar-refractivity contribution in [2.75, 3.05) is 21.3 Å². The minimum atomic E-state index is -0.641. The van der Waals surface area contributed by atoms with Gasteiger partial charge in [-0.15, -0.1) is 0 Å². The molecule has 1 saturated heterocycles. The highest BCUT2D eigenvalue weighted by Crippen LogP contribution is 2.29. The standard InChI is InChI=1S/C19H18N2O7/c1-25-14-6-4-11(9-16(14)26-2)8-13-17(22)21(19(24)20-13)10-12-5-7-15(28-12)18(23)27-3/h4-9H,10H2,1-3H3,(H,20,24)/b13-8-. The third-order valence-electron chi connectivity index (χ3n) is 4.04. The minimum Gasteiger partial charge on any atom is -0.493 e. The normalized spacial score (nSPS) is 15.0. The van der Waals surface area contributed by atoms with Gasteiger partial charge in [-0.3, -0.25) is 9.69 Å².